The molecule has 1 saturated heterocycles. The van der Waals surface area contributed by atoms with Crippen LogP contribution in [0.2, 0.25) is 5.02 Å². The number of nitrogens with zero attached hydrogens (tertiary/aromatic N) is 5. The van der Waals surface area contributed by atoms with Gasteiger partial charge in [0, 0.05) is 37.3 Å². The van der Waals surface area contributed by atoms with E-state index in [4.69, 9.17) is 22.1 Å². The van der Waals surface area contributed by atoms with E-state index < -0.39 is 0 Å². The molecule has 0 aromatic carbocycles. The third kappa shape index (κ3) is 3.79. The molecular formula is C22H25ClN6O3S. The third-order valence-electron chi connectivity index (χ3n) is 7.06. The molecule has 1 aliphatic carbocycles. The molecule has 2 fully saturated rings. The number of carbonyl (C=O) groups excluding carboxylic acids is 1. The Morgan fingerprint density at radius 3 is 2.79 bits per heavy atom. The standard InChI is InChI=1S/C22H25ClN6O3S/c1-27-20(31)18(33-15-5-10-29-14(17(15)23)4-9-25-29)19(32-13-30)26-21(27)28-11-7-22(8-12-28)6-2-3-16(22)24/h4-5,9-10,13,16H,2-3,6-8,11-12,24H2,1H3/t16-/m1/s1. The fourth-order valence-electron chi connectivity index (χ4n) is 5.12. The summed E-state index contributed by atoms with van der Waals surface area (Å²) < 4.78 is 8.32. The number of nitrogens with two attached hydrogens (primary N) is 1. The Morgan fingerprint density at radius 2 is 2.09 bits per heavy atom. The third-order valence-corrected chi connectivity index (χ3v) is 8.69. The second-order valence-corrected chi connectivity index (χ2v) is 10.2. The zero-order valence-electron chi connectivity index (χ0n) is 18.2. The van der Waals surface area contributed by atoms with Crippen molar-refractivity contribution in [3.63, 3.8) is 0 Å². The first-order chi connectivity index (χ1) is 15.9. The van der Waals surface area contributed by atoms with Crippen LogP contribution in [0.25, 0.3) is 5.52 Å². The summed E-state index contributed by atoms with van der Waals surface area (Å²) in [7, 11) is 1.69. The number of rotatable bonds is 5. The molecule has 2 N–H and O–H groups in total. The number of aromatic nitrogens is 4. The molecule has 33 heavy (non-hydrogen) atoms. The predicted octanol–water partition coefficient (Wildman–Crippen LogP) is 2.87. The normalized spacial score (nSPS) is 20.0. The van der Waals surface area contributed by atoms with Gasteiger partial charge in [0.2, 0.25) is 11.8 Å². The maximum absolute atomic E-state index is 13.4. The number of ether oxygens (including phenoxy) is 1. The van der Waals surface area contributed by atoms with Gasteiger partial charge in [0.15, 0.2) is 0 Å². The van der Waals surface area contributed by atoms with Gasteiger partial charge in [-0.15, -0.1) is 0 Å². The summed E-state index contributed by atoms with van der Waals surface area (Å²) in [6.07, 6.45) is 8.74. The van der Waals surface area contributed by atoms with E-state index in [-0.39, 0.29) is 27.8 Å². The summed E-state index contributed by atoms with van der Waals surface area (Å²) in [4.78, 5) is 32.1. The second kappa shape index (κ2) is 8.66. The maximum atomic E-state index is 13.4. The minimum absolute atomic E-state index is 0.0181. The Kier molecular flexibility index (Phi) is 5.84. The number of anilines is 1. The molecule has 2 aliphatic rings. The summed E-state index contributed by atoms with van der Waals surface area (Å²) in [5.41, 5.74) is 7.02. The molecule has 3 aromatic rings. The van der Waals surface area contributed by atoms with Gasteiger partial charge in [-0.1, -0.05) is 29.8 Å². The van der Waals surface area contributed by atoms with Crippen molar-refractivity contribution in [3.05, 3.63) is 39.9 Å². The molecule has 174 valence electrons. The summed E-state index contributed by atoms with van der Waals surface area (Å²) >= 11 is 7.66. The van der Waals surface area contributed by atoms with E-state index in [9.17, 15) is 9.59 Å². The van der Waals surface area contributed by atoms with Crippen molar-refractivity contribution in [2.45, 2.75) is 47.9 Å². The fraction of sp³-hybridized carbons (Fsp3) is 0.455. The van der Waals surface area contributed by atoms with E-state index >= 15 is 0 Å². The molecule has 4 heterocycles. The number of piperidine rings is 1. The van der Waals surface area contributed by atoms with Gasteiger partial charge >= 0.3 is 0 Å². The topological polar surface area (TPSA) is 108 Å². The Hall–Kier alpha value is -2.56. The predicted molar refractivity (Wildman–Crippen MR) is 126 cm³/mol. The summed E-state index contributed by atoms with van der Waals surface area (Å²) in [6.45, 7) is 1.80. The van der Waals surface area contributed by atoms with Crippen LogP contribution < -0.4 is 20.9 Å². The number of carbonyl (C=O) groups is 1. The fourth-order valence-corrected chi connectivity index (χ4v) is 6.40. The van der Waals surface area contributed by atoms with Gasteiger partial charge in [0.1, 0.15) is 4.90 Å². The average molecular weight is 489 g/mol. The van der Waals surface area contributed by atoms with E-state index in [2.05, 4.69) is 15.0 Å². The molecular weight excluding hydrogens is 464 g/mol. The quantitative estimate of drug-likeness (QED) is 0.546. The van der Waals surface area contributed by atoms with Crippen molar-refractivity contribution in [3.8, 4) is 5.88 Å². The first-order valence-electron chi connectivity index (χ1n) is 10.9. The van der Waals surface area contributed by atoms with Crippen molar-refractivity contribution >= 4 is 41.3 Å². The van der Waals surface area contributed by atoms with Crippen LogP contribution in [-0.4, -0.2) is 44.8 Å². The van der Waals surface area contributed by atoms with Crippen LogP contribution in [0.4, 0.5) is 5.95 Å². The molecule has 0 amide bonds. The Balaban J connectivity index is 1.47. The van der Waals surface area contributed by atoms with E-state index in [1.807, 2.05) is 0 Å². The summed E-state index contributed by atoms with van der Waals surface area (Å²) in [5.74, 6) is 0.468. The molecule has 9 nitrogen and oxygen atoms in total. The molecule has 1 spiro atoms. The maximum Gasteiger partial charge on any atom is 0.299 e. The van der Waals surface area contributed by atoms with Crippen LogP contribution in [0.3, 0.4) is 0 Å². The van der Waals surface area contributed by atoms with Crippen molar-refractivity contribution in [2.75, 3.05) is 18.0 Å². The SMILES string of the molecule is Cn1c(N2CCC3(CCC[C@H]3N)CC2)nc(OC=O)c(Sc2ccn3nccc3c2Cl)c1=O. The van der Waals surface area contributed by atoms with Gasteiger partial charge in [-0.3, -0.25) is 14.2 Å². The molecule has 0 radical (unpaired) electrons. The number of hydrogen-bond donors (Lipinski definition) is 1. The molecule has 0 unspecified atom stereocenters. The Morgan fingerprint density at radius 1 is 1.30 bits per heavy atom. The van der Waals surface area contributed by atoms with Gasteiger partial charge in [-0.2, -0.15) is 10.1 Å². The first-order valence-corrected chi connectivity index (χ1v) is 12.1. The number of halogens is 1. The van der Waals surface area contributed by atoms with Crippen molar-refractivity contribution in [1.82, 2.24) is 19.2 Å². The van der Waals surface area contributed by atoms with E-state index in [0.29, 0.717) is 27.9 Å². The Bertz CT molecular complexity index is 1270. The van der Waals surface area contributed by atoms with Crippen molar-refractivity contribution in [1.29, 1.82) is 0 Å². The minimum Gasteiger partial charge on any atom is -0.408 e. The van der Waals surface area contributed by atoms with Gasteiger partial charge in [-0.05, 0) is 43.2 Å². The van der Waals surface area contributed by atoms with Crippen LogP contribution in [0.5, 0.6) is 5.88 Å². The zero-order chi connectivity index (χ0) is 23.2. The molecule has 1 aliphatic heterocycles. The van der Waals surface area contributed by atoms with Gasteiger partial charge in [0.05, 0.1) is 16.7 Å². The first kappa shape index (κ1) is 22.2. The number of fused-ring (bicyclic) bond motifs is 1. The lowest BCUT2D eigenvalue weighted by atomic mass is 9.74. The van der Waals surface area contributed by atoms with Crippen molar-refractivity contribution < 1.29 is 9.53 Å². The lowest BCUT2D eigenvalue weighted by Crippen LogP contribution is -2.48. The van der Waals surface area contributed by atoms with Crippen LogP contribution >= 0.6 is 23.4 Å². The number of pyridine rings is 1. The van der Waals surface area contributed by atoms with E-state index in [1.165, 1.54) is 11.0 Å². The molecule has 5 rings (SSSR count). The molecule has 0 bridgehead atoms. The van der Waals surface area contributed by atoms with E-state index in [1.54, 1.807) is 36.1 Å². The van der Waals surface area contributed by atoms with Crippen LogP contribution in [0.1, 0.15) is 32.1 Å². The van der Waals surface area contributed by atoms with Crippen LogP contribution in [0.15, 0.2) is 39.1 Å². The lowest BCUT2D eigenvalue weighted by molar-refractivity contribution is -0.121. The molecule has 11 heteroatoms. The monoisotopic (exact) mass is 488 g/mol. The highest BCUT2D eigenvalue weighted by atomic mass is 35.5. The lowest BCUT2D eigenvalue weighted by Gasteiger charge is -2.42. The van der Waals surface area contributed by atoms with Crippen LogP contribution in [0, 0.1) is 5.41 Å². The molecule has 1 saturated carbocycles. The van der Waals surface area contributed by atoms with Gasteiger partial charge in [-0.25, -0.2) is 4.52 Å². The number of hydrogen-bond acceptors (Lipinski definition) is 8. The summed E-state index contributed by atoms with van der Waals surface area (Å²) in [5, 5.41) is 4.62. The highest BCUT2D eigenvalue weighted by Crippen LogP contribution is 2.46. The second-order valence-electron chi connectivity index (χ2n) is 8.73. The molecule has 3 aromatic heterocycles. The van der Waals surface area contributed by atoms with Crippen molar-refractivity contribution in [2.24, 2.45) is 18.2 Å². The summed E-state index contributed by atoms with van der Waals surface area (Å²) in [6, 6.07) is 3.79. The van der Waals surface area contributed by atoms with Crippen LogP contribution in [-0.2, 0) is 11.8 Å². The van der Waals surface area contributed by atoms with Gasteiger partial charge in [0.25, 0.3) is 12.0 Å². The highest BCUT2D eigenvalue weighted by Gasteiger charge is 2.43. The molecule has 1 atom stereocenters. The Labute approximate surface area is 199 Å². The zero-order valence-corrected chi connectivity index (χ0v) is 19.8. The largest absolute Gasteiger partial charge is 0.408 e. The smallest absolute Gasteiger partial charge is 0.299 e. The minimum atomic E-state index is -0.302. The average Bonchev–Trinajstić information content (AvgIpc) is 3.43. The highest BCUT2D eigenvalue weighted by molar-refractivity contribution is 7.99. The van der Waals surface area contributed by atoms with E-state index in [0.717, 1.165) is 50.5 Å². The van der Waals surface area contributed by atoms with Gasteiger partial charge < -0.3 is 15.4 Å².